The predicted molar refractivity (Wildman–Crippen MR) is 228 cm³/mol. The van der Waals surface area contributed by atoms with Crippen LogP contribution in [0.3, 0.4) is 0 Å². The number of carboxylic acids is 7. The van der Waals surface area contributed by atoms with Crippen molar-refractivity contribution in [2.24, 2.45) is 60.3 Å². The molecule has 8 bridgehead atoms. The molecule has 18 nitrogen and oxygen atoms in total. The van der Waals surface area contributed by atoms with E-state index in [-0.39, 0.29) is 66.7 Å². The fourth-order valence-electron chi connectivity index (χ4n) is 11.6. The van der Waals surface area contributed by atoms with E-state index in [1.807, 2.05) is 13.8 Å². The van der Waals surface area contributed by atoms with Gasteiger partial charge in [-0.3, -0.25) is 48.5 Å². The molecule has 0 aliphatic carbocycles. The largest absolute Gasteiger partial charge is 2.00 e. The first-order valence-corrected chi connectivity index (χ1v) is 21.2. The first-order chi connectivity index (χ1) is 29.0. The van der Waals surface area contributed by atoms with Crippen molar-refractivity contribution in [3.05, 3.63) is 39.6 Å². The molecule has 351 valence electrons. The van der Waals surface area contributed by atoms with Crippen molar-refractivity contribution in [1.29, 1.82) is 0 Å². The summed E-state index contributed by atoms with van der Waals surface area (Å²) in [5, 5.41) is 76.9. The molecule has 9 atom stereocenters. The third-order valence-corrected chi connectivity index (χ3v) is 15.2. The number of nitrogens with zero attached hydrogens (tertiary/aromatic N) is 4. The molecule has 0 aromatic rings. The Morgan fingerprint density at radius 2 is 1.12 bits per heavy atom. The number of aliphatic imine (C=N–C) groups is 3. The summed E-state index contributed by atoms with van der Waals surface area (Å²) in [6.45, 7) is 13.8. The van der Waals surface area contributed by atoms with Crippen LogP contribution in [0.4, 0.5) is 0 Å². The van der Waals surface area contributed by atoms with Crippen molar-refractivity contribution < 1.29 is 86.1 Å². The first-order valence-electron chi connectivity index (χ1n) is 21.2. The fourth-order valence-corrected chi connectivity index (χ4v) is 11.6. The molecule has 9 unspecified atom stereocenters. The van der Waals surface area contributed by atoms with Gasteiger partial charge < -0.3 is 41.1 Å². The van der Waals surface area contributed by atoms with E-state index in [1.165, 1.54) is 0 Å². The normalized spacial score (nSPS) is 32.5. The Morgan fingerprint density at radius 1 is 0.609 bits per heavy atom. The molecule has 1 saturated heterocycles. The van der Waals surface area contributed by atoms with Crippen LogP contribution < -0.4 is 0 Å². The van der Waals surface area contributed by atoms with Gasteiger partial charge in [-0.1, -0.05) is 47.1 Å². The van der Waals surface area contributed by atoms with Gasteiger partial charge in [0.25, 0.3) is 0 Å². The molecule has 5 aliphatic rings. The Kier molecular flexibility index (Phi) is 14.8. The van der Waals surface area contributed by atoms with E-state index in [0.717, 1.165) is 0 Å². The van der Waals surface area contributed by atoms with Gasteiger partial charge in [-0.25, -0.2) is 0 Å². The predicted octanol–water partition coefficient (Wildman–Crippen LogP) is 6.70. The maximum Gasteiger partial charge on any atom is 2.00 e. The molecule has 19 heteroatoms. The Balaban J connectivity index is 0.00000898. The molecule has 5 heterocycles. The third kappa shape index (κ3) is 9.06. The van der Waals surface area contributed by atoms with Crippen molar-refractivity contribution in [3.8, 4) is 0 Å². The summed E-state index contributed by atoms with van der Waals surface area (Å²) in [5.41, 5.74) is -4.11. The number of hydrogen-bond donors (Lipinski definition) is 7. The second kappa shape index (κ2) is 18.4. The molecular formula is C45H59CoN4O14+. The summed E-state index contributed by atoms with van der Waals surface area (Å²) in [4.78, 5) is 103. The summed E-state index contributed by atoms with van der Waals surface area (Å²) in [6, 6.07) is -1.16. The molecule has 0 aromatic carbocycles. The van der Waals surface area contributed by atoms with Crippen LogP contribution in [0.5, 0.6) is 0 Å². The number of rotatable bonds is 18. The third-order valence-electron chi connectivity index (χ3n) is 15.2. The zero-order valence-corrected chi connectivity index (χ0v) is 38.4. The molecule has 5 rings (SSSR count). The van der Waals surface area contributed by atoms with E-state index in [0.29, 0.717) is 34.0 Å². The van der Waals surface area contributed by atoms with Gasteiger partial charge >= 0.3 is 58.6 Å². The minimum absolute atomic E-state index is 0. The van der Waals surface area contributed by atoms with E-state index in [1.54, 1.807) is 47.6 Å². The zero-order valence-electron chi connectivity index (χ0n) is 37.4. The molecule has 1 radical (unpaired) electrons. The smallest absolute Gasteiger partial charge is 0.680 e. The maximum atomic E-state index is 13.1. The summed E-state index contributed by atoms with van der Waals surface area (Å²) in [6.07, 6.45) is -1.65. The van der Waals surface area contributed by atoms with Crippen LogP contribution in [0.25, 0.3) is 5.32 Å². The summed E-state index contributed by atoms with van der Waals surface area (Å²) >= 11 is 0. The Labute approximate surface area is 381 Å². The second-order valence-corrected chi connectivity index (χ2v) is 19.4. The molecule has 0 spiro atoms. The van der Waals surface area contributed by atoms with Crippen LogP contribution in [0.2, 0.25) is 0 Å². The van der Waals surface area contributed by atoms with Crippen LogP contribution in [0, 0.1) is 45.3 Å². The topological polar surface area (TPSA) is 312 Å². The van der Waals surface area contributed by atoms with Gasteiger partial charge in [0.15, 0.2) is 0 Å². The van der Waals surface area contributed by atoms with Crippen molar-refractivity contribution in [2.45, 2.75) is 138 Å². The van der Waals surface area contributed by atoms with Crippen LogP contribution in [0.15, 0.2) is 49.3 Å². The molecule has 0 aromatic heterocycles. The van der Waals surface area contributed by atoms with E-state index >= 15 is 0 Å². The Bertz CT molecular complexity index is 2220. The Morgan fingerprint density at radius 3 is 1.62 bits per heavy atom. The molecular weight excluding hydrogens is 879 g/mol. The monoisotopic (exact) mass is 938 g/mol. The van der Waals surface area contributed by atoms with Gasteiger partial charge in [-0.05, 0) is 68.1 Å². The number of aliphatic carboxylic acids is 7. The summed E-state index contributed by atoms with van der Waals surface area (Å²) < 4.78 is 0. The van der Waals surface area contributed by atoms with Gasteiger partial charge in [0.1, 0.15) is 0 Å². The van der Waals surface area contributed by atoms with Crippen molar-refractivity contribution in [1.82, 2.24) is 0 Å². The van der Waals surface area contributed by atoms with Gasteiger partial charge in [-0.15, -0.1) is 0 Å². The van der Waals surface area contributed by atoms with E-state index in [4.69, 9.17) is 20.3 Å². The maximum absolute atomic E-state index is 13.1. The zero-order chi connectivity index (χ0) is 47.4. The Hall–Kier alpha value is -5.17. The number of carboxylic acid groups (broad SMARTS) is 7. The number of fused-ring (bicyclic) bond motifs is 6. The SMILES string of the molecule is CC1=C2N=C(C=C3N=C(C(C)=C4[N-]C(C)(C5N=C1C(C)(CCC(=O)O)C5CC(=O)O)C(C)(CC(=O)O)C4CCC(=O)O)C(C)(CC(=O)O)C3CCC(=O)O)C(C)(C)C2CCC(=O)O.[Co+2]. The molecule has 0 amide bonds. The molecule has 64 heavy (non-hydrogen) atoms. The second-order valence-electron chi connectivity index (χ2n) is 19.4. The number of allylic oxidation sites excluding steroid dienone is 6. The van der Waals surface area contributed by atoms with Crippen LogP contribution in [-0.4, -0.2) is 106 Å². The van der Waals surface area contributed by atoms with Crippen molar-refractivity contribution in [2.75, 3.05) is 0 Å². The van der Waals surface area contributed by atoms with Crippen LogP contribution >= 0.6 is 0 Å². The summed E-state index contributed by atoms with van der Waals surface area (Å²) in [7, 11) is 0. The van der Waals surface area contributed by atoms with Crippen LogP contribution in [-0.2, 0) is 50.3 Å². The average Bonchev–Trinajstić information content (AvgIpc) is 3.75. The van der Waals surface area contributed by atoms with Crippen molar-refractivity contribution in [3.63, 3.8) is 0 Å². The average molecular weight is 939 g/mol. The van der Waals surface area contributed by atoms with Gasteiger partial charge in [0.2, 0.25) is 0 Å². The first kappa shape index (κ1) is 51.5. The quantitative estimate of drug-likeness (QED) is 0.0752. The molecule has 0 saturated carbocycles. The summed E-state index contributed by atoms with van der Waals surface area (Å²) in [5.74, 6) is -11.7. The number of carbonyl (C=O) groups is 7. The van der Waals surface area contributed by atoms with Gasteiger partial charge in [0, 0.05) is 94.3 Å². The molecule has 1 fully saturated rings. The standard InChI is InChI=1S/C45H60N4O14.Co/c1-21-36-24(10-13-30(52)53)41(3,4)28(47-36)18-27-23(9-12-29(50)51)43(6,19-34(60)61)39(46-27)22(2)37-25(11-14-31(54)55)44(7,20-35(62)63)45(8,49-37)40-26(17-33(58)59)42(5,38(21)48-40)16-15-32(56)57;/h18,23-26,40H,9-17,19-20H2,1-8H3,(H8,46,47,48,49,50,51,52,53,54,55,56,57,58,59,60,61,62,63);/q;+2/p-1. The van der Waals surface area contributed by atoms with Crippen LogP contribution in [0.1, 0.15) is 126 Å². The minimum Gasteiger partial charge on any atom is -0.680 e. The molecule has 7 N–H and O–H groups in total. The van der Waals surface area contributed by atoms with Gasteiger partial charge in [0.05, 0.1) is 19.3 Å². The van der Waals surface area contributed by atoms with E-state index < -0.39 is 131 Å². The van der Waals surface area contributed by atoms with Gasteiger partial charge in [-0.2, -0.15) is 5.70 Å². The van der Waals surface area contributed by atoms with E-state index in [2.05, 4.69) is 0 Å². The van der Waals surface area contributed by atoms with Crippen molar-refractivity contribution >= 4 is 58.9 Å². The van der Waals surface area contributed by atoms with E-state index in [9.17, 15) is 69.3 Å². The minimum atomic E-state index is -1.64. The molecule has 5 aliphatic heterocycles. The fraction of sp³-hybridized carbons (Fsp3) is 0.644. The number of hydrogen-bond acceptors (Lipinski definition) is 10.